The van der Waals surface area contributed by atoms with E-state index < -0.39 is 0 Å². The van der Waals surface area contributed by atoms with Crippen LogP contribution >= 0.6 is 0 Å². The van der Waals surface area contributed by atoms with Crippen molar-refractivity contribution in [2.75, 3.05) is 19.7 Å². The number of benzene rings is 2. The van der Waals surface area contributed by atoms with Crippen LogP contribution in [-0.4, -0.2) is 30.5 Å². The zero-order chi connectivity index (χ0) is 19.3. The number of nitrogens with zero attached hydrogens (tertiary/aromatic N) is 1. The summed E-state index contributed by atoms with van der Waals surface area (Å²) in [7, 11) is 0. The molecule has 2 aromatic carbocycles. The number of aryl methyl sites for hydroxylation is 1. The third-order valence-electron chi connectivity index (χ3n) is 6.94. The second-order valence-corrected chi connectivity index (χ2v) is 8.78. The number of hydrogen-bond acceptors (Lipinski definition) is 2. The number of hydrogen-bond donors (Lipinski definition) is 0. The van der Waals surface area contributed by atoms with E-state index in [1.54, 1.807) is 6.07 Å². The Morgan fingerprint density at radius 2 is 2.04 bits per heavy atom. The van der Waals surface area contributed by atoms with Gasteiger partial charge in [-0.25, -0.2) is 4.39 Å². The van der Waals surface area contributed by atoms with Gasteiger partial charge in [-0.15, -0.1) is 0 Å². The summed E-state index contributed by atoms with van der Waals surface area (Å²) >= 11 is 0. The molecule has 0 N–H and O–H groups in total. The van der Waals surface area contributed by atoms with E-state index in [1.165, 1.54) is 29.7 Å². The highest BCUT2D eigenvalue weighted by Gasteiger charge is 2.61. The molecular formula is C24H26FNO2. The Labute approximate surface area is 165 Å². The lowest BCUT2D eigenvalue weighted by molar-refractivity contribution is -0.140. The zero-order valence-electron chi connectivity index (χ0n) is 16.2. The molecule has 4 atom stereocenters. The van der Waals surface area contributed by atoms with Crippen LogP contribution in [0.2, 0.25) is 0 Å². The number of carbonyl (C=O) groups excluding carboxylic acids is 1. The van der Waals surface area contributed by atoms with E-state index in [1.807, 2.05) is 6.07 Å². The van der Waals surface area contributed by atoms with Crippen LogP contribution in [0.5, 0.6) is 0 Å². The van der Waals surface area contributed by atoms with Crippen LogP contribution in [0, 0.1) is 24.6 Å². The van der Waals surface area contributed by atoms with E-state index in [0.29, 0.717) is 18.9 Å². The molecule has 3 fully saturated rings. The number of piperidine rings is 1. The molecule has 0 spiro atoms. The smallest absolute Gasteiger partial charge is 0.225 e. The summed E-state index contributed by atoms with van der Waals surface area (Å²) in [5.41, 5.74) is 3.66. The Kier molecular flexibility index (Phi) is 4.27. The Morgan fingerprint density at radius 1 is 1.21 bits per heavy atom. The number of ether oxygens (including phenoxy) is 1. The van der Waals surface area contributed by atoms with Crippen molar-refractivity contribution in [3.63, 3.8) is 0 Å². The quantitative estimate of drug-likeness (QED) is 0.791. The molecule has 4 heteroatoms. The molecule has 28 heavy (non-hydrogen) atoms. The Balaban J connectivity index is 1.28. The molecule has 0 bridgehead atoms. The van der Waals surface area contributed by atoms with E-state index in [0.717, 1.165) is 25.1 Å². The molecule has 2 saturated heterocycles. The Bertz CT molecular complexity index is 896. The summed E-state index contributed by atoms with van der Waals surface area (Å²) in [6.07, 6.45) is 2.39. The van der Waals surface area contributed by atoms with Crippen LogP contribution in [0.1, 0.15) is 42.1 Å². The average molecular weight is 379 g/mol. The van der Waals surface area contributed by atoms with Gasteiger partial charge in [-0.2, -0.15) is 0 Å². The van der Waals surface area contributed by atoms with Gasteiger partial charge in [0.25, 0.3) is 0 Å². The number of amides is 1. The van der Waals surface area contributed by atoms with Crippen molar-refractivity contribution < 1.29 is 13.9 Å². The fraction of sp³-hybridized carbons (Fsp3) is 0.458. The molecule has 2 aliphatic heterocycles. The Hall–Kier alpha value is -2.20. The standard InChI is InChI=1S/C24H26FNO2/c1-16-5-7-19(8-6-16)24-13-20(24)14-26(15-24)23(27)18-9-10-28-22(12-18)17-3-2-4-21(25)11-17/h2-8,11,18,20,22H,9-10,12-15H2,1H3/t18-,20+,22+,24-/m1/s1. The van der Waals surface area contributed by atoms with Crippen molar-refractivity contribution in [2.24, 2.45) is 11.8 Å². The molecule has 3 aliphatic rings. The molecule has 5 rings (SSSR count). The minimum absolute atomic E-state index is 0.0328. The summed E-state index contributed by atoms with van der Waals surface area (Å²) < 4.78 is 19.4. The zero-order valence-corrected chi connectivity index (χ0v) is 16.2. The van der Waals surface area contributed by atoms with Gasteiger partial charge in [-0.1, -0.05) is 42.0 Å². The summed E-state index contributed by atoms with van der Waals surface area (Å²) in [5.74, 6) is 0.560. The van der Waals surface area contributed by atoms with Crippen LogP contribution in [0.15, 0.2) is 48.5 Å². The minimum Gasteiger partial charge on any atom is -0.373 e. The van der Waals surface area contributed by atoms with Gasteiger partial charge in [0.05, 0.1) is 6.10 Å². The minimum atomic E-state index is -0.255. The van der Waals surface area contributed by atoms with Crippen molar-refractivity contribution in [1.29, 1.82) is 0 Å². The molecule has 2 aromatic rings. The lowest BCUT2D eigenvalue weighted by Crippen LogP contribution is -2.39. The van der Waals surface area contributed by atoms with E-state index in [2.05, 4.69) is 36.1 Å². The monoisotopic (exact) mass is 379 g/mol. The van der Waals surface area contributed by atoms with Gasteiger partial charge in [0, 0.05) is 31.0 Å². The fourth-order valence-electron chi connectivity index (χ4n) is 5.20. The molecule has 0 radical (unpaired) electrons. The van der Waals surface area contributed by atoms with E-state index in [9.17, 15) is 9.18 Å². The molecule has 0 aromatic heterocycles. The fourth-order valence-corrected chi connectivity index (χ4v) is 5.20. The van der Waals surface area contributed by atoms with Crippen LogP contribution < -0.4 is 0 Å². The van der Waals surface area contributed by atoms with Crippen LogP contribution in [-0.2, 0) is 14.9 Å². The number of halogens is 1. The Morgan fingerprint density at radius 3 is 2.82 bits per heavy atom. The highest BCUT2D eigenvalue weighted by atomic mass is 19.1. The maximum Gasteiger partial charge on any atom is 0.225 e. The predicted molar refractivity (Wildman–Crippen MR) is 105 cm³/mol. The van der Waals surface area contributed by atoms with Crippen molar-refractivity contribution >= 4 is 5.91 Å². The van der Waals surface area contributed by atoms with Crippen LogP contribution in [0.3, 0.4) is 0 Å². The maximum atomic E-state index is 13.6. The summed E-state index contributed by atoms with van der Waals surface area (Å²) in [5, 5.41) is 0. The second kappa shape index (κ2) is 6.70. The van der Waals surface area contributed by atoms with Gasteiger partial charge in [0.2, 0.25) is 5.91 Å². The van der Waals surface area contributed by atoms with Gasteiger partial charge in [-0.05, 0) is 55.4 Å². The first-order valence-corrected chi connectivity index (χ1v) is 10.3. The SMILES string of the molecule is Cc1ccc([C@]23C[C@H]2CN(C(=O)[C@@H]2CCO[C@H](c4cccc(F)c4)C2)C3)cc1. The molecular weight excluding hydrogens is 353 g/mol. The number of carbonyl (C=O) groups is 1. The van der Waals surface area contributed by atoms with Crippen molar-refractivity contribution in [1.82, 2.24) is 4.90 Å². The number of rotatable bonds is 3. The lowest BCUT2D eigenvalue weighted by Gasteiger charge is -2.32. The highest BCUT2D eigenvalue weighted by molar-refractivity contribution is 5.80. The van der Waals surface area contributed by atoms with Crippen molar-refractivity contribution in [3.8, 4) is 0 Å². The van der Waals surface area contributed by atoms with Crippen LogP contribution in [0.4, 0.5) is 4.39 Å². The highest BCUT2D eigenvalue weighted by Crippen LogP contribution is 2.59. The summed E-state index contributed by atoms with van der Waals surface area (Å²) in [6, 6.07) is 15.4. The predicted octanol–water partition coefficient (Wildman–Crippen LogP) is 4.40. The molecule has 1 amide bonds. The third-order valence-corrected chi connectivity index (χ3v) is 6.94. The van der Waals surface area contributed by atoms with Gasteiger partial charge in [0.1, 0.15) is 5.82 Å². The first kappa shape index (κ1) is 17.9. The molecule has 146 valence electrons. The number of likely N-dealkylation sites (tertiary alicyclic amines) is 1. The molecule has 2 heterocycles. The van der Waals surface area contributed by atoms with E-state index in [4.69, 9.17) is 4.74 Å². The van der Waals surface area contributed by atoms with Gasteiger partial charge >= 0.3 is 0 Å². The summed E-state index contributed by atoms with van der Waals surface area (Å²) in [6.45, 7) is 4.37. The molecule has 3 nitrogen and oxygen atoms in total. The average Bonchev–Trinajstić information content (AvgIpc) is 3.29. The van der Waals surface area contributed by atoms with Crippen LogP contribution in [0.25, 0.3) is 0 Å². The van der Waals surface area contributed by atoms with Gasteiger partial charge in [0.15, 0.2) is 0 Å². The number of fused-ring (bicyclic) bond motifs is 1. The largest absolute Gasteiger partial charge is 0.373 e. The summed E-state index contributed by atoms with van der Waals surface area (Å²) in [4.78, 5) is 15.3. The van der Waals surface area contributed by atoms with E-state index in [-0.39, 0.29) is 29.2 Å². The second-order valence-electron chi connectivity index (χ2n) is 8.78. The molecule has 0 unspecified atom stereocenters. The van der Waals surface area contributed by atoms with Crippen molar-refractivity contribution in [2.45, 2.75) is 37.7 Å². The lowest BCUT2D eigenvalue weighted by atomic mass is 9.90. The first-order chi connectivity index (χ1) is 13.5. The topological polar surface area (TPSA) is 29.5 Å². The van der Waals surface area contributed by atoms with Gasteiger partial charge < -0.3 is 9.64 Å². The maximum absolute atomic E-state index is 13.6. The molecule has 1 saturated carbocycles. The normalized spacial score (nSPS) is 31.5. The molecule has 1 aliphatic carbocycles. The first-order valence-electron chi connectivity index (χ1n) is 10.3. The van der Waals surface area contributed by atoms with Gasteiger partial charge in [-0.3, -0.25) is 4.79 Å². The van der Waals surface area contributed by atoms with E-state index >= 15 is 0 Å². The third kappa shape index (κ3) is 3.04. The van der Waals surface area contributed by atoms with Crippen molar-refractivity contribution in [3.05, 3.63) is 71.0 Å².